The summed E-state index contributed by atoms with van der Waals surface area (Å²) >= 11 is 0. The lowest BCUT2D eigenvalue weighted by molar-refractivity contribution is -0.305. The fourth-order valence-electron chi connectivity index (χ4n) is 7.68. The van der Waals surface area contributed by atoms with Crippen LogP contribution in [0.25, 0.3) is 0 Å². The fourth-order valence-corrected chi connectivity index (χ4v) is 7.68. The predicted octanol–water partition coefficient (Wildman–Crippen LogP) is 0.215. The summed E-state index contributed by atoms with van der Waals surface area (Å²) in [7, 11) is 0. The van der Waals surface area contributed by atoms with Gasteiger partial charge in [-0.25, -0.2) is 14.4 Å². The molecule has 3 heterocycles. The molecule has 4 fully saturated rings. The molecule has 10 heteroatoms. The third-order valence-electron chi connectivity index (χ3n) is 9.27. The average molecular weight is 481 g/mol. The van der Waals surface area contributed by atoms with Crippen molar-refractivity contribution in [2.24, 2.45) is 28.6 Å². The van der Waals surface area contributed by atoms with Crippen LogP contribution in [0.15, 0.2) is 11.6 Å². The molecule has 5 aliphatic rings. The van der Waals surface area contributed by atoms with Crippen molar-refractivity contribution in [3.8, 4) is 0 Å². The van der Waals surface area contributed by atoms with E-state index in [1.165, 1.54) is 13.0 Å². The molecule has 5 rings (SSSR count). The summed E-state index contributed by atoms with van der Waals surface area (Å²) in [6.07, 6.45) is -2.49. The standard InChI is InChI=1S/C24H32O10/c1-6-22(5,29)20(28)34-15-14-11(3)16(26)24(30)19-21(4,17-10(2)7-13(25)33-17)8-12(32-18(15)27)23(14,19)9-31-24/h7,11-12,14-17,19,26,29-30H,6,8-9H2,1-5H3/t11?,12-,14?,15-,16-,17+,19-,21-,22+,23+,24+/m1/s1. The van der Waals surface area contributed by atoms with Gasteiger partial charge in [0.1, 0.15) is 18.3 Å². The molecule has 0 radical (unpaired) electrons. The van der Waals surface area contributed by atoms with E-state index in [-0.39, 0.29) is 19.4 Å². The number of hydrogen-bond donors (Lipinski definition) is 3. The molecule has 188 valence electrons. The Bertz CT molecular complexity index is 988. The van der Waals surface area contributed by atoms with Crippen molar-refractivity contribution in [2.45, 2.75) is 83.3 Å². The first-order valence-corrected chi connectivity index (χ1v) is 11.8. The summed E-state index contributed by atoms with van der Waals surface area (Å²) in [5, 5.41) is 33.4. The number of cyclic esters (lactones) is 1. The molecule has 0 aromatic heterocycles. The maximum atomic E-state index is 13.2. The molecule has 34 heavy (non-hydrogen) atoms. The lowest BCUT2D eigenvalue weighted by atomic mass is 9.50. The normalized spacial score (nSPS) is 50.7. The minimum atomic E-state index is -1.97. The van der Waals surface area contributed by atoms with E-state index in [2.05, 4.69) is 0 Å². The van der Waals surface area contributed by atoms with Crippen molar-refractivity contribution in [3.05, 3.63) is 11.6 Å². The van der Waals surface area contributed by atoms with Gasteiger partial charge in [-0.3, -0.25) is 0 Å². The van der Waals surface area contributed by atoms with E-state index in [1.54, 1.807) is 20.8 Å². The number of aliphatic hydroxyl groups is 3. The number of esters is 3. The average Bonchev–Trinajstić information content (AvgIpc) is 3.35. The van der Waals surface area contributed by atoms with Crippen LogP contribution in [0, 0.1) is 28.6 Å². The minimum absolute atomic E-state index is 0.0323. The van der Waals surface area contributed by atoms with Crippen LogP contribution in [0.3, 0.4) is 0 Å². The summed E-state index contributed by atoms with van der Waals surface area (Å²) in [4.78, 5) is 38.0. The van der Waals surface area contributed by atoms with Gasteiger partial charge in [0.25, 0.3) is 0 Å². The zero-order valence-electron chi connectivity index (χ0n) is 19.9. The Hall–Kier alpha value is -2.01. The van der Waals surface area contributed by atoms with Crippen LogP contribution in [0.4, 0.5) is 0 Å². The SMILES string of the molecule is CC[C@](C)(O)C(=O)O[C@H]1C(=O)O[C@@H]2C[C@](C)([C@H]3OC(=O)C=C3C)[C@H]3[C@@]4(O)OC[C@@]23C1C(C)[C@H]4O. The summed E-state index contributed by atoms with van der Waals surface area (Å²) in [6, 6.07) is 0. The highest BCUT2D eigenvalue weighted by Crippen LogP contribution is 2.74. The number of carbonyl (C=O) groups excluding carboxylic acids is 3. The van der Waals surface area contributed by atoms with Crippen LogP contribution >= 0.6 is 0 Å². The molecule has 0 aromatic rings. The largest absolute Gasteiger partial charge is 0.459 e. The number of hydrogen-bond acceptors (Lipinski definition) is 10. The lowest BCUT2D eigenvalue weighted by Crippen LogP contribution is -2.70. The van der Waals surface area contributed by atoms with Gasteiger partial charge in [0.2, 0.25) is 6.10 Å². The highest BCUT2D eigenvalue weighted by Gasteiger charge is 2.84. The second-order valence-corrected chi connectivity index (χ2v) is 11.2. The molecule has 3 N–H and O–H groups in total. The Morgan fingerprint density at radius 1 is 1.32 bits per heavy atom. The topological polar surface area (TPSA) is 149 Å². The molecule has 2 saturated heterocycles. The third-order valence-corrected chi connectivity index (χ3v) is 9.27. The predicted molar refractivity (Wildman–Crippen MR) is 113 cm³/mol. The Morgan fingerprint density at radius 3 is 2.59 bits per heavy atom. The van der Waals surface area contributed by atoms with E-state index in [0.29, 0.717) is 5.57 Å². The van der Waals surface area contributed by atoms with Crippen molar-refractivity contribution < 1.29 is 48.7 Å². The van der Waals surface area contributed by atoms with Crippen molar-refractivity contribution >= 4 is 17.9 Å². The fraction of sp³-hybridized carbons (Fsp3) is 0.792. The first-order valence-electron chi connectivity index (χ1n) is 11.8. The van der Waals surface area contributed by atoms with Gasteiger partial charge >= 0.3 is 17.9 Å². The lowest BCUT2D eigenvalue weighted by Gasteiger charge is -2.57. The number of aliphatic hydroxyl groups excluding tert-OH is 1. The summed E-state index contributed by atoms with van der Waals surface area (Å²) in [5.74, 6) is -6.43. The van der Waals surface area contributed by atoms with E-state index in [4.69, 9.17) is 18.9 Å². The summed E-state index contributed by atoms with van der Waals surface area (Å²) in [6.45, 7) is 8.17. The van der Waals surface area contributed by atoms with Gasteiger partial charge < -0.3 is 34.3 Å². The second kappa shape index (κ2) is 7.02. The summed E-state index contributed by atoms with van der Waals surface area (Å²) in [5.41, 5.74) is -3.06. The number of rotatable bonds is 4. The van der Waals surface area contributed by atoms with Crippen LogP contribution in [0.2, 0.25) is 0 Å². The Balaban J connectivity index is 1.63. The molecule has 2 bridgehead atoms. The Labute approximate surface area is 197 Å². The third kappa shape index (κ3) is 2.68. The molecule has 2 aliphatic carbocycles. The quantitative estimate of drug-likeness (QED) is 0.377. The van der Waals surface area contributed by atoms with Gasteiger partial charge in [-0.1, -0.05) is 20.8 Å². The maximum absolute atomic E-state index is 13.2. The zero-order chi connectivity index (χ0) is 25.0. The molecule has 2 unspecified atom stereocenters. The minimum Gasteiger partial charge on any atom is -0.459 e. The highest BCUT2D eigenvalue weighted by atomic mass is 16.7. The van der Waals surface area contributed by atoms with Crippen LogP contribution in [0.5, 0.6) is 0 Å². The molecule has 2 saturated carbocycles. The van der Waals surface area contributed by atoms with Gasteiger partial charge in [0.05, 0.1) is 6.61 Å². The van der Waals surface area contributed by atoms with E-state index in [0.717, 1.165) is 0 Å². The molecule has 10 nitrogen and oxygen atoms in total. The van der Waals surface area contributed by atoms with Crippen LogP contribution in [0.1, 0.15) is 47.5 Å². The summed E-state index contributed by atoms with van der Waals surface area (Å²) < 4.78 is 22.9. The van der Waals surface area contributed by atoms with E-state index in [1.807, 2.05) is 6.92 Å². The molecule has 11 atom stereocenters. The molecule has 3 aliphatic heterocycles. The number of ether oxygens (including phenoxy) is 4. The Kier molecular flexibility index (Phi) is 4.90. The van der Waals surface area contributed by atoms with E-state index in [9.17, 15) is 29.7 Å². The van der Waals surface area contributed by atoms with Crippen molar-refractivity contribution in [1.29, 1.82) is 0 Å². The first-order chi connectivity index (χ1) is 15.7. The highest BCUT2D eigenvalue weighted by molar-refractivity contribution is 5.86. The van der Waals surface area contributed by atoms with Gasteiger partial charge in [0.15, 0.2) is 11.4 Å². The van der Waals surface area contributed by atoms with Crippen molar-refractivity contribution in [1.82, 2.24) is 0 Å². The Morgan fingerprint density at radius 2 is 2.00 bits per heavy atom. The van der Waals surface area contributed by atoms with Crippen molar-refractivity contribution in [3.63, 3.8) is 0 Å². The zero-order valence-corrected chi connectivity index (χ0v) is 19.9. The maximum Gasteiger partial charge on any atom is 0.348 e. The van der Waals surface area contributed by atoms with E-state index >= 15 is 0 Å². The molecule has 1 spiro atoms. The van der Waals surface area contributed by atoms with Gasteiger partial charge in [-0.05, 0) is 38.2 Å². The molecule has 0 amide bonds. The number of carbonyl (C=O) groups is 3. The van der Waals surface area contributed by atoms with Gasteiger partial charge in [-0.2, -0.15) is 0 Å². The van der Waals surface area contributed by atoms with Crippen LogP contribution < -0.4 is 0 Å². The van der Waals surface area contributed by atoms with Gasteiger partial charge in [0, 0.05) is 28.7 Å². The van der Waals surface area contributed by atoms with Crippen LogP contribution in [-0.4, -0.2) is 75.6 Å². The smallest absolute Gasteiger partial charge is 0.348 e. The van der Waals surface area contributed by atoms with E-state index < -0.39 is 82.3 Å². The first kappa shape index (κ1) is 23.7. The molecule has 0 aromatic carbocycles. The second-order valence-electron chi connectivity index (χ2n) is 11.2. The van der Waals surface area contributed by atoms with Crippen LogP contribution in [-0.2, 0) is 33.3 Å². The molecular weight excluding hydrogens is 448 g/mol. The van der Waals surface area contributed by atoms with Crippen molar-refractivity contribution in [2.75, 3.05) is 6.61 Å². The monoisotopic (exact) mass is 480 g/mol. The molecular formula is C24H32O10. The van der Waals surface area contributed by atoms with Gasteiger partial charge in [-0.15, -0.1) is 0 Å².